The zero-order valence-electron chi connectivity index (χ0n) is 8.24. The lowest BCUT2D eigenvalue weighted by molar-refractivity contribution is 0.0690. The summed E-state index contributed by atoms with van der Waals surface area (Å²) in [6.45, 7) is 3.38. The number of aromatic amines is 1. The smallest absolute Gasteiger partial charge is 0.356 e. The molecular weight excluding hydrogens is 198 g/mol. The highest BCUT2D eigenvalue weighted by Crippen LogP contribution is 2.07. The lowest BCUT2D eigenvalue weighted by Gasteiger charge is -2.00. The first-order valence-corrected chi connectivity index (χ1v) is 4.33. The molecule has 0 saturated heterocycles. The van der Waals surface area contributed by atoms with Gasteiger partial charge in [-0.15, -0.1) is 0 Å². The first-order chi connectivity index (χ1) is 7.00. The molecule has 0 spiro atoms. The van der Waals surface area contributed by atoms with Crippen LogP contribution >= 0.6 is 0 Å². The fourth-order valence-electron chi connectivity index (χ4n) is 1.36. The van der Waals surface area contributed by atoms with Crippen molar-refractivity contribution in [1.29, 1.82) is 0 Å². The number of rotatable bonds is 1. The molecule has 0 atom stereocenters. The molecule has 2 N–H and O–H groups in total. The van der Waals surface area contributed by atoms with Crippen LogP contribution in [-0.2, 0) is 0 Å². The molecule has 0 aliphatic rings. The van der Waals surface area contributed by atoms with E-state index in [1.807, 2.05) is 0 Å². The van der Waals surface area contributed by atoms with Crippen LogP contribution in [0.2, 0.25) is 0 Å². The minimum atomic E-state index is -1.11. The summed E-state index contributed by atoms with van der Waals surface area (Å²) in [5.41, 5.74) is 1.25. The minimum absolute atomic E-state index is 0.0839. The van der Waals surface area contributed by atoms with Crippen molar-refractivity contribution in [3.05, 3.63) is 33.4 Å². The van der Waals surface area contributed by atoms with E-state index in [1.165, 1.54) is 10.6 Å². The van der Waals surface area contributed by atoms with Gasteiger partial charge in [0.05, 0.1) is 0 Å². The number of nitrogens with one attached hydrogen (secondary N) is 1. The van der Waals surface area contributed by atoms with Crippen LogP contribution in [0.25, 0.3) is 5.65 Å². The number of carbonyl (C=O) groups is 1. The number of hydrogen-bond acceptors (Lipinski definition) is 3. The fourth-order valence-corrected chi connectivity index (χ4v) is 1.36. The van der Waals surface area contributed by atoms with E-state index in [4.69, 9.17) is 5.11 Å². The second kappa shape index (κ2) is 2.94. The van der Waals surface area contributed by atoms with Crippen LogP contribution in [0.5, 0.6) is 0 Å². The Morgan fingerprint density at radius 3 is 2.80 bits per heavy atom. The number of nitrogens with zero attached hydrogens (tertiary/aromatic N) is 2. The summed E-state index contributed by atoms with van der Waals surface area (Å²) < 4.78 is 1.42. The Balaban J connectivity index is 2.88. The molecule has 0 saturated carbocycles. The van der Waals surface area contributed by atoms with E-state index >= 15 is 0 Å². The maximum Gasteiger partial charge on any atom is 0.356 e. The third-order valence-corrected chi connectivity index (χ3v) is 2.37. The number of carboxylic acid groups (broad SMARTS) is 1. The molecular formula is C9H9N3O3. The van der Waals surface area contributed by atoms with E-state index in [1.54, 1.807) is 13.8 Å². The predicted octanol–water partition coefficient (Wildman–Crippen LogP) is 0.338. The maximum absolute atomic E-state index is 11.4. The van der Waals surface area contributed by atoms with E-state index in [0.29, 0.717) is 16.9 Å². The molecule has 0 unspecified atom stereocenters. The molecule has 2 heterocycles. The number of fused-ring (bicyclic) bond motifs is 1. The van der Waals surface area contributed by atoms with Gasteiger partial charge in [-0.2, -0.15) is 5.10 Å². The number of aryl methyl sites for hydroxylation is 1. The maximum atomic E-state index is 11.4. The molecule has 78 valence electrons. The topological polar surface area (TPSA) is 87.5 Å². The number of H-pyrrole nitrogens is 1. The van der Waals surface area contributed by atoms with Crippen molar-refractivity contribution < 1.29 is 9.90 Å². The Bertz CT molecular complexity index is 609. The van der Waals surface area contributed by atoms with Crippen LogP contribution in [0.15, 0.2) is 10.9 Å². The number of aromatic carboxylic acids is 1. The summed E-state index contributed by atoms with van der Waals surface area (Å²) in [6, 6.07) is 1.33. The zero-order valence-corrected chi connectivity index (χ0v) is 8.24. The Morgan fingerprint density at radius 1 is 1.53 bits per heavy atom. The molecule has 0 amide bonds. The summed E-state index contributed by atoms with van der Waals surface area (Å²) in [4.78, 5) is 24.6. The van der Waals surface area contributed by atoms with Crippen LogP contribution in [0, 0.1) is 13.8 Å². The highest BCUT2D eigenvalue weighted by molar-refractivity contribution is 5.86. The van der Waals surface area contributed by atoms with Crippen molar-refractivity contribution in [3.63, 3.8) is 0 Å². The standard InChI is InChI=1S/C9H9N3O3/c1-4-5(2)12-7(10-8(4)13)3-6(11-12)9(14)15/h3H,1-2H3,(H,10,13)(H,14,15). The van der Waals surface area contributed by atoms with E-state index in [0.717, 1.165) is 0 Å². The summed E-state index contributed by atoms with van der Waals surface area (Å²) in [7, 11) is 0. The van der Waals surface area contributed by atoms with Crippen molar-refractivity contribution in [2.24, 2.45) is 0 Å². The third-order valence-electron chi connectivity index (χ3n) is 2.37. The van der Waals surface area contributed by atoms with Gasteiger partial charge in [-0.25, -0.2) is 9.31 Å². The Kier molecular flexibility index (Phi) is 1.85. The van der Waals surface area contributed by atoms with Crippen molar-refractivity contribution in [2.45, 2.75) is 13.8 Å². The molecule has 2 aromatic heterocycles. The average molecular weight is 207 g/mol. The summed E-state index contributed by atoms with van der Waals surface area (Å²) in [5, 5.41) is 12.6. The van der Waals surface area contributed by atoms with E-state index in [2.05, 4.69) is 10.1 Å². The van der Waals surface area contributed by atoms with Gasteiger partial charge >= 0.3 is 5.97 Å². The van der Waals surface area contributed by atoms with Gasteiger partial charge in [0.2, 0.25) is 0 Å². The lowest BCUT2D eigenvalue weighted by atomic mass is 10.3. The van der Waals surface area contributed by atoms with Crippen molar-refractivity contribution in [2.75, 3.05) is 0 Å². The molecule has 0 radical (unpaired) electrons. The van der Waals surface area contributed by atoms with Gasteiger partial charge in [0.25, 0.3) is 5.56 Å². The third kappa shape index (κ3) is 1.30. The monoisotopic (exact) mass is 207 g/mol. The second-order valence-corrected chi connectivity index (χ2v) is 3.30. The van der Waals surface area contributed by atoms with Crippen molar-refractivity contribution in [1.82, 2.24) is 14.6 Å². The van der Waals surface area contributed by atoms with Gasteiger partial charge < -0.3 is 10.1 Å². The van der Waals surface area contributed by atoms with Gasteiger partial charge in [0, 0.05) is 17.3 Å². The minimum Gasteiger partial charge on any atom is -0.476 e. The zero-order chi connectivity index (χ0) is 11.2. The fraction of sp³-hybridized carbons (Fsp3) is 0.222. The van der Waals surface area contributed by atoms with Gasteiger partial charge in [0.15, 0.2) is 5.69 Å². The molecule has 6 heteroatoms. The van der Waals surface area contributed by atoms with Crippen LogP contribution in [0.4, 0.5) is 0 Å². The molecule has 0 aliphatic heterocycles. The van der Waals surface area contributed by atoms with Crippen LogP contribution in [0.3, 0.4) is 0 Å². The normalized spacial score (nSPS) is 10.8. The Labute approximate surface area is 84.2 Å². The first kappa shape index (κ1) is 9.45. The summed E-state index contributed by atoms with van der Waals surface area (Å²) in [5.74, 6) is -1.11. The average Bonchev–Trinajstić information content (AvgIpc) is 2.58. The van der Waals surface area contributed by atoms with E-state index < -0.39 is 5.97 Å². The molecule has 0 bridgehead atoms. The van der Waals surface area contributed by atoms with Gasteiger partial charge in [-0.1, -0.05) is 0 Å². The highest BCUT2D eigenvalue weighted by atomic mass is 16.4. The molecule has 0 aromatic carbocycles. The highest BCUT2D eigenvalue weighted by Gasteiger charge is 2.12. The van der Waals surface area contributed by atoms with Gasteiger partial charge in [0.1, 0.15) is 5.65 Å². The Morgan fingerprint density at radius 2 is 2.20 bits per heavy atom. The first-order valence-electron chi connectivity index (χ1n) is 4.33. The molecule has 6 nitrogen and oxygen atoms in total. The van der Waals surface area contributed by atoms with Crippen molar-refractivity contribution >= 4 is 11.6 Å². The van der Waals surface area contributed by atoms with E-state index in [-0.39, 0.29) is 11.3 Å². The summed E-state index contributed by atoms with van der Waals surface area (Å²) in [6.07, 6.45) is 0. The van der Waals surface area contributed by atoms with Crippen LogP contribution < -0.4 is 5.56 Å². The molecule has 2 rings (SSSR count). The largest absolute Gasteiger partial charge is 0.476 e. The predicted molar refractivity (Wildman–Crippen MR) is 52.2 cm³/mol. The second-order valence-electron chi connectivity index (χ2n) is 3.30. The molecule has 0 aliphatic carbocycles. The SMILES string of the molecule is Cc1c(C)n2nc(C(=O)O)cc2[nH]c1=O. The van der Waals surface area contributed by atoms with Gasteiger partial charge in [-0.05, 0) is 13.8 Å². The van der Waals surface area contributed by atoms with Crippen LogP contribution in [0.1, 0.15) is 21.7 Å². The number of hydrogen-bond donors (Lipinski definition) is 2. The molecule has 2 aromatic rings. The summed E-state index contributed by atoms with van der Waals surface area (Å²) >= 11 is 0. The quantitative estimate of drug-likeness (QED) is 0.705. The van der Waals surface area contributed by atoms with E-state index in [9.17, 15) is 9.59 Å². The lowest BCUT2D eigenvalue weighted by Crippen LogP contribution is -2.15. The van der Waals surface area contributed by atoms with Gasteiger partial charge in [-0.3, -0.25) is 4.79 Å². The Hall–Kier alpha value is -2.11. The molecule has 15 heavy (non-hydrogen) atoms. The van der Waals surface area contributed by atoms with Crippen molar-refractivity contribution in [3.8, 4) is 0 Å². The number of aromatic nitrogens is 3. The molecule has 0 fully saturated rings. The number of carboxylic acids is 1. The van der Waals surface area contributed by atoms with Crippen LogP contribution in [-0.4, -0.2) is 25.7 Å².